The molecule has 1 aromatic heterocycles. The van der Waals surface area contributed by atoms with Crippen molar-refractivity contribution in [2.24, 2.45) is 0 Å². The van der Waals surface area contributed by atoms with Crippen molar-refractivity contribution >= 4 is 21.7 Å². The van der Waals surface area contributed by atoms with E-state index in [0.29, 0.717) is 42.8 Å². The van der Waals surface area contributed by atoms with Gasteiger partial charge in [-0.1, -0.05) is 45.0 Å². The SMILES string of the molecule is COc1nc(NCc2ccc(C(C)(C)C)cc2)c(C)c(C(=O)N2CCC(N3CCC(N(C)S(C)(=O)=O)CC3)CC2)n1. The molecule has 2 aromatic rings. The van der Waals surface area contributed by atoms with Crippen molar-refractivity contribution in [1.82, 2.24) is 24.1 Å². The van der Waals surface area contributed by atoms with Gasteiger partial charge in [0.2, 0.25) is 10.0 Å². The van der Waals surface area contributed by atoms with Crippen LogP contribution in [0.15, 0.2) is 24.3 Å². The molecule has 3 heterocycles. The van der Waals surface area contributed by atoms with Crippen LogP contribution in [0.25, 0.3) is 0 Å². The Bertz CT molecular complexity index is 1310. The number of carbonyl (C=O) groups excluding carboxylic acids is 1. The number of hydrogen-bond donors (Lipinski definition) is 1. The van der Waals surface area contributed by atoms with Crippen LogP contribution in [0, 0.1) is 6.92 Å². The van der Waals surface area contributed by atoms with Gasteiger partial charge in [0.1, 0.15) is 11.5 Å². The molecule has 0 bridgehead atoms. The summed E-state index contributed by atoms with van der Waals surface area (Å²) < 4.78 is 30.7. The van der Waals surface area contributed by atoms with Gasteiger partial charge in [0.05, 0.1) is 13.4 Å². The lowest BCUT2D eigenvalue weighted by atomic mass is 9.87. The first-order chi connectivity index (χ1) is 19.3. The molecule has 1 aromatic carbocycles. The third-order valence-corrected chi connectivity index (χ3v) is 9.94. The fraction of sp³-hybridized carbons (Fsp3) is 0.633. The van der Waals surface area contributed by atoms with Gasteiger partial charge >= 0.3 is 6.01 Å². The highest BCUT2D eigenvalue weighted by Gasteiger charge is 2.33. The first-order valence-electron chi connectivity index (χ1n) is 14.5. The largest absolute Gasteiger partial charge is 0.467 e. The zero-order chi connectivity index (χ0) is 29.9. The van der Waals surface area contributed by atoms with Crippen molar-refractivity contribution in [1.29, 1.82) is 0 Å². The van der Waals surface area contributed by atoms with Crippen molar-refractivity contribution in [3.63, 3.8) is 0 Å². The quantitative estimate of drug-likeness (QED) is 0.500. The molecule has 1 N–H and O–H groups in total. The molecule has 11 heteroatoms. The van der Waals surface area contributed by atoms with Gasteiger partial charge in [-0.25, -0.2) is 12.7 Å². The van der Waals surface area contributed by atoms with Gasteiger partial charge in [0, 0.05) is 44.3 Å². The second kappa shape index (κ2) is 12.6. The molecule has 4 rings (SSSR count). The minimum atomic E-state index is -3.18. The molecule has 41 heavy (non-hydrogen) atoms. The standard InChI is InChI=1S/C30H46N6O4S/c1-21-26(32-29(40-6)33-27(21)31-20-22-8-10-23(11-9-22)30(2,3)4)28(37)36-18-14-25(15-19-36)35-16-12-24(13-17-35)34(5)41(7,38)39/h8-11,24-25H,12-20H2,1-7H3,(H,31,32,33). The molecule has 1 amide bonds. The molecule has 0 radical (unpaired) electrons. The summed E-state index contributed by atoms with van der Waals surface area (Å²) in [6.45, 7) is 12.1. The highest BCUT2D eigenvalue weighted by Crippen LogP contribution is 2.27. The molecule has 0 spiro atoms. The van der Waals surface area contributed by atoms with E-state index in [-0.39, 0.29) is 23.4 Å². The topological polar surface area (TPSA) is 108 Å². The second-order valence-electron chi connectivity index (χ2n) is 12.4. The van der Waals surface area contributed by atoms with Crippen LogP contribution in [-0.4, -0.2) is 97.1 Å². The Labute approximate surface area is 245 Å². The van der Waals surface area contributed by atoms with Crippen LogP contribution in [0.5, 0.6) is 6.01 Å². The van der Waals surface area contributed by atoms with Gasteiger partial charge in [0.25, 0.3) is 5.91 Å². The summed E-state index contributed by atoms with van der Waals surface area (Å²) in [5.41, 5.74) is 3.57. The number of ether oxygens (including phenoxy) is 1. The lowest BCUT2D eigenvalue weighted by molar-refractivity contribution is 0.0541. The molecule has 10 nitrogen and oxygen atoms in total. The van der Waals surface area contributed by atoms with Gasteiger partial charge in [-0.05, 0) is 62.2 Å². The summed E-state index contributed by atoms with van der Waals surface area (Å²) in [4.78, 5) is 26.9. The summed E-state index contributed by atoms with van der Waals surface area (Å²) in [6, 6.07) is 9.16. The van der Waals surface area contributed by atoms with E-state index in [0.717, 1.165) is 44.3 Å². The summed E-state index contributed by atoms with van der Waals surface area (Å²) >= 11 is 0. The van der Waals surface area contributed by atoms with Crippen molar-refractivity contribution in [3.05, 3.63) is 46.6 Å². The number of nitrogens with zero attached hydrogens (tertiary/aromatic N) is 5. The number of aromatic nitrogens is 2. The van der Waals surface area contributed by atoms with E-state index in [2.05, 4.69) is 65.2 Å². The lowest BCUT2D eigenvalue weighted by Crippen LogP contribution is -2.52. The Kier molecular flexibility index (Phi) is 9.60. The van der Waals surface area contributed by atoms with Gasteiger partial charge in [-0.3, -0.25) is 4.79 Å². The van der Waals surface area contributed by atoms with Crippen molar-refractivity contribution in [2.45, 2.75) is 77.4 Å². The third-order valence-electron chi connectivity index (χ3n) is 8.59. The average Bonchev–Trinajstić information content (AvgIpc) is 2.95. The number of carbonyl (C=O) groups is 1. The van der Waals surface area contributed by atoms with E-state index in [9.17, 15) is 13.2 Å². The molecule has 0 saturated carbocycles. The molecule has 2 fully saturated rings. The third kappa shape index (κ3) is 7.55. The monoisotopic (exact) mass is 586 g/mol. The highest BCUT2D eigenvalue weighted by molar-refractivity contribution is 7.88. The number of anilines is 1. The van der Waals surface area contributed by atoms with E-state index >= 15 is 0 Å². The van der Waals surface area contributed by atoms with E-state index in [1.165, 1.54) is 23.2 Å². The van der Waals surface area contributed by atoms with Gasteiger partial charge < -0.3 is 19.9 Å². The number of nitrogens with one attached hydrogen (secondary N) is 1. The summed E-state index contributed by atoms with van der Waals surface area (Å²) in [7, 11) is 0.00834. The lowest BCUT2D eigenvalue weighted by Gasteiger charge is -2.43. The Morgan fingerprint density at radius 2 is 1.66 bits per heavy atom. The fourth-order valence-electron chi connectivity index (χ4n) is 5.75. The number of piperidine rings is 2. The molecule has 2 aliphatic heterocycles. The van der Waals surface area contributed by atoms with Crippen LogP contribution >= 0.6 is 0 Å². The summed E-state index contributed by atoms with van der Waals surface area (Å²) in [5, 5.41) is 3.38. The molecule has 2 aliphatic rings. The van der Waals surface area contributed by atoms with Gasteiger partial charge in [-0.15, -0.1) is 0 Å². The van der Waals surface area contributed by atoms with Crippen LogP contribution in [0.3, 0.4) is 0 Å². The summed E-state index contributed by atoms with van der Waals surface area (Å²) in [6.07, 6.45) is 4.70. The zero-order valence-corrected chi connectivity index (χ0v) is 26.4. The molecule has 226 valence electrons. The minimum Gasteiger partial charge on any atom is -0.467 e. The van der Waals surface area contributed by atoms with Crippen LogP contribution < -0.4 is 10.1 Å². The number of rotatable bonds is 8. The minimum absolute atomic E-state index is 0.0595. The highest BCUT2D eigenvalue weighted by atomic mass is 32.2. The van der Waals surface area contributed by atoms with Crippen LogP contribution in [0.2, 0.25) is 0 Å². The number of hydrogen-bond acceptors (Lipinski definition) is 8. The Balaban J connectivity index is 1.36. The van der Waals surface area contributed by atoms with Gasteiger partial charge in [-0.2, -0.15) is 9.97 Å². The molecular formula is C30H46N6O4S. The maximum absolute atomic E-state index is 13.6. The van der Waals surface area contributed by atoms with Gasteiger partial charge in [0.15, 0.2) is 0 Å². The Morgan fingerprint density at radius 1 is 1.05 bits per heavy atom. The van der Waals surface area contributed by atoms with Crippen LogP contribution in [0.1, 0.15) is 73.6 Å². The number of methoxy groups -OCH3 is 1. The first kappa shape index (κ1) is 31.2. The van der Waals surface area contributed by atoms with Crippen LogP contribution in [-0.2, 0) is 22.0 Å². The first-order valence-corrected chi connectivity index (χ1v) is 16.3. The average molecular weight is 587 g/mol. The van der Waals surface area contributed by atoms with E-state index in [1.54, 1.807) is 7.05 Å². The maximum atomic E-state index is 13.6. The summed E-state index contributed by atoms with van der Waals surface area (Å²) in [5.74, 6) is 0.490. The maximum Gasteiger partial charge on any atom is 0.318 e. The molecule has 0 atom stereocenters. The number of likely N-dealkylation sites (tertiary alicyclic amines) is 2. The van der Waals surface area contributed by atoms with E-state index in [1.807, 2.05) is 11.8 Å². The number of benzene rings is 1. The fourth-order valence-corrected chi connectivity index (χ4v) is 6.50. The Hall–Kier alpha value is -2.76. The molecule has 0 aliphatic carbocycles. The molecule has 2 saturated heterocycles. The van der Waals surface area contributed by atoms with E-state index in [4.69, 9.17) is 4.74 Å². The molecular weight excluding hydrogens is 540 g/mol. The van der Waals surface area contributed by atoms with E-state index < -0.39 is 10.0 Å². The predicted molar refractivity (Wildman–Crippen MR) is 162 cm³/mol. The normalized spacial score (nSPS) is 18.1. The smallest absolute Gasteiger partial charge is 0.318 e. The second-order valence-corrected chi connectivity index (χ2v) is 14.4. The van der Waals surface area contributed by atoms with Crippen molar-refractivity contribution in [2.75, 3.05) is 51.9 Å². The predicted octanol–water partition coefficient (Wildman–Crippen LogP) is 3.66. The Morgan fingerprint density at radius 3 is 2.20 bits per heavy atom. The number of amides is 1. The van der Waals surface area contributed by atoms with Crippen LogP contribution in [0.4, 0.5) is 5.82 Å². The number of sulfonamides is 1. The molecule has 0 unspecified atom stereocenters. The zero-order valence-electron chi connectivity index (χ0n) is 25.6. The van der Waals surface area contributed by atoms with Crippen molar-refractivity contribution in [3.8, 4) is 6.01 Å². The van der Waals surface area contributed by atoms with Crippen molar-refractivity contribution < 1.29 is 17.9 Å².